The number of aromatic nitrogens is 1. The maximum absolute atomic E-state index is 13.7. The lowest BCUT2D eigenvalue weighted by Crippen LogP contribution is -2.49. The fourth-order valence-electron chi connectivity index (χ4n) is 4.01. The van der Waals surface area contributed by atoms with Crippen LogP contribution in [0, 0.1) is 5.82 Å². The number of anilines is 1. The number of nitrogens with zero attached hydrogens (tertiary/aromatic N) is 4. The SMILES string of the molecule is C=C(/N=C(\C=C(/N)c1ccc(F)c(Cl)c1)N1CCN(c2ncccc2C(F)(F)F)CC1)SCc1ccccc1. The van der Waals surface area contributed by atoms with E-state index < -0.39 is 17.6 Å². The molecule has 0 aliphatic carbocycles. The zero-order valence-corrected chi connectivity index (χ0v) is 22.4. The quantitative estimate of drug-likeness (QED) is 0.190. The second-order valence-corrected chi connectivity index (χ2v) is 10.2. The Hall–Kier alpha value is -3.50. The van der Waals surface area contributed by atoms with Crippen LogP contribution in [0.1, 0.15) is 16.7 Å². The summed E-state index contributed by atoms with van der Waals surface area (Å²) in [5.74, 6) is 0.505. The van der Waals surface area contributed by atoms with Crippen LogP contribution in [0.2, 0.25) is 5.02 Å². The average Bonchev–Trinajstić information content (AvgIpc) is 2.93. The zero-order valence-electron chi connectivity index (χ0n) is 20.8. The maximum Gasteiger partial charge on any atom is 0.419 e. The monoisotopic (exact) mass is 575 g/mol. The van der Waals surface area contributed by atoms with Gasteiger partial charge in [-0.1, -0.05) is 48.5 Å². The van der Waals surface area contributed by atoms with E-state index in [4.69, 9.17) is 22.3 Å². The van der Waals surface area contributed by atoms with Crippen molar-refractivity contribution in [3.8, 4) is 0 Å². The van der Waals surface area contributed by atoms with E-state index in [9.17, 15) is 17.6 Å². The summed E-state index contributed by atoms with van der Waals surface area (Å²) >= 11 is 7.40. The molecule has 2 aromatic carbocycles. The van der Waals surface area contributed by atoms with Gasteiger partial charge < -0.3 is 15.5 Å². The lowest BCUT2D eigenvalue weighted by molar-refractivity contribution is -0.137. The maximum atomic E-state index is 13.7. The van der Waals surface area contributed by atoms with Gasteiger partial charge in [0.05, 0.1) is 15.6 Å². The summed E-state index contributed by atoms with van der Waals surface area (Å²) in [6.45, 7) is 5.40. The van der Waals surface area contributed by atoms with Gasteiger partial charge in [-0.25, -0.2) is 14.4 Å². The standard InChI is InChI=1S/C28H26ClF4N5S/c1-19(39-18-20-6-3-2-4-7-20)36-26(17-25(34)21-9-10-24(30)23(29)16-21)37-12-14-38(15-13-37)27-22(28(31,32)33)8-5-11-35-27/h2-11,16-17H,1,12-15,18,34H2/b25-17-,36-26+. The number of amidine groups is 1. The molecule has 0 unspecified atom stereocenters. The van der Waals surface area contributed by atoms with Gasteiger partial charge in [0.1, 0.15) is 17.5 Å². The number of nitrogens with two attached hydrogens (primary N) is 1. The van der Waals surface area contributed by atoms with E-state index in [1.54, 1.807) is 11.0 Å². The van der Waals surface area contributed by atoms with Gasteiger partial charge in [0, 0.05) is 49.9 Å². The minimum atomic E-state index is -4.51. The van der Waals surface area contributed by atoms with E-state index in [-0.39, 0.29) is 10.8 Å². The van der Waals surface area contributed by atoms with Crippen LogP contribution < -0.4 is 10.6 Å². The average molecular weight is 576 g/mol. The van der Waals surface area contributed by atoms with Gasteiger partial charge in [0.15, 0.2) is 0 Å². The molecule has 2 heterocycles. The number of halogens is 5. The first kappa shape index (κ1) is 28.5. The number of pyridine rings is 1. The Bertz CT molecular complexity index is 1370. The Balaban J connectivity index is 1.56. The summed E-state index contributed by atoms with van der Waals surface area (Å²) in [6.07, 6.45) is -1.50. The molecule has 1 aliphatic rings. The number of hydrogen-bond donors (Lipinski definition) is 1. The first-order chi connectivity index (χ1) is 18.6. The molecular formula is C28H26ClF4N5S. The van der Waals surface area contributed by atoms with Crippen molar-refractivity contribution in [1.82, 2.24) is 9.88 Å². The molecular weight excluding hydrogens is 550 g/mol. The molecule has 4 rings (SSSR count). The van der Waals surface area contributed by atoms with Gasteiger partial charge in [-0.05, 0) is 41.5 Å². The van der Waals surface area contributed by atoms with Crippen LogP contribution in [0.15, 0.2) is 89.5 Å². The molecule has 0 spiro atoms. The first-order valence-electron chi connectivity index (χ1n) is 12.0. The van der Waals surface area contributed by atoms with E-state index in [2.05, 4.69) is 11.6 Å². The number of piperazine rings is 1. The molecule has 5 nitrogen and oxygen atoms in total. The first-order valence-corrected chi connectivity index (χ1v) is 13.4. The highest BCUT2D eigenvalue weighted by Gasteiger charge is 2.36. The Labute approximate surface area is 233 Å². The highest BCUT2D eigenvalue weighted by Crippen LogP contribution is 2.35. The Morgan fingerprint density at radius 1 is 1.08 bits per heavy atom. The topological polar surface area (TPSA) is 57.8 Å². The molecule has 3 aromatic rings. The molecule has 0 bridgehead atoms. The third kappa shape index (κ3) is 7.54. The fourth-order valence-corrected chi connectivity index (χ4v) is 4.88. The van der Waals surface area contributed by atoms with E-state index in [1.165, 1.54) is 42.2 Å². The zero-order chi connectivity index (χ0) is 28.0. The van der Waals surface area contributed by atoms with E-state index >= 15 is 0 Å². The van der Waals surface area contributed by atoms with Gasteiger partial charge >= 0.3 is 6.18 Å². The predicted octanol–water partition coefficient (Wildman–Crippen LogP) is 6.82. The van der Waals surface area contributed by atoms with Crippen LogP contribution in [0.3, 0.4) is 0 Å². The molecule has 1 aromatic heterocycles. The molecule has 39 heavy (non-hydrogen) atoms. The normalized spacial score (nSPS) is 15.0. The summed E-state index contributed by atoms with van der Waals surface area (Å²) in [7, 11) is 0. The Kier molecular flexibility index (Phi) is 9.19. The molecule has 1 saturated heterocycles. The second-order valence-electron chi connectivity index (χ2n) is 8.71. The highest BCUT2D eigenvalue weighted by molar-refractivity contribution is 8.02. The minimum absolute atomic E-state index is 0.0605. The van der Waals surface area contributed by atoms with Crippen LogP contribution in [-0.2, 0) is 11.9 Å². The Morgan fingerprint density at radius 3 is 2.46 bits per heavy atom. The van der Waals surface area contributed by atoms with Crippen LogP contribution in [0.25, 0.3) is 5.70 Å². The van der Waals surface area contributed by atoms with Crippen LogP contribution in [-0.4, -0.2) is 41.9 Å². The van der Waals surface area contributed by atoms with Crippen LogP contribution >= 0.6 is 23.4 Å². The second kappa shape index (κ2) is 12.6. The van der Waals surface area contributed by atoms with Crippen molar-refractivity contribution >= 4 is 40.7 Å². The van der Waals surface area contributed by atoms with Gasteiger partial charge in [0.2, 0.25) is 0 Å². The van der Waals surface area contributed by atoms with Crippen LogP contribution in [0.4, 0.5) is 23.4 Å². The summed E-state index contributed by atoms with van der Waals surface area (Å²) in [5.41, 5.74) is 7.50. The van der Waals surface area contributed by atoms with Crippen molar-refractivity contribution in [3.05, 3.63) is 112 Å². The van der Waals surface area contributed by atoms with Gasteiger partial charge in [0.25, 0.3) is 0 Å². The molecule has 1 aliphatic heterocycles. The predicted molar refractivity (Wildman–Crippen MR) is 151 cm³/mol. The van der Waals surface area contributed by atoms with Gasteiger partial charge in [-0.2, -0.15) is 13.2 Å². The van der Waals surface area contributed by atoms with Crippen molar-refractivity contribution in [3.63, 3.8) is 0 Å². The molecule has 2 N–H and O–H groups in total. The van der Waals surface area contributed by atoms with Gasteiger partial charge in [-0.3, -0.25) is 0 Å². The largest absolute Gasteiger partial charge is 0.419 e. The Morgan fingerprint density at radius 2 is 1.79 bits per heavy atom. The molecule has 0 saturated carbocycles. The lowest BCUT2D eigenvalue weighted by Gasteiger charge is -2.37. The minimum Gasteiger partial charge on any atom is -0.398 e. The summed E-state index contributed by atoms with van der Waals surface area (Å²) in [6, 6.07) is 16.4. The lowest BCUT2D eigenvalue weighted by atomic mass is 10.1. The number of thioether (sulfide) groups is 1. The number of hydrogen-bond acceptors (Lipinski definition) is 5. The smallest absolute Gasteiger partial charge is 0.398 e. The fraction of sp³-hybridized carbons (Fsp3) is 0.214. The molecule has 0 amide bonds. The number of benzene rings is 2. The van der Waals surface area contributed by atoms with Crippen molar-refractivity contribution in [2.45, 2.75) is 11.9 Å². The molecule has 1 fully saturated rings. The third-order valence-corrected chi connectivity index (χ3v) is 7.21. The summed E-state index contributed by atoms with van der Waals surface area (Å²) < 4.78 is 54.3. The number of alkyl halides is 3. The number of aliphatic imine (C=N–C) groups is 1. The third-order valence-electron chi connectivity index (χ3n) is 6.02. The number of rotatable bonds is 7. The van der Waals surface area contributed by atoms with Crippen molar-refractivity contribution in [2.24, 2.45) is 10.7 Å². The molecule has 11 heteroatoms. The molecule has 0 radical (unpaired) electrons. The summed E-state index contributed by atoms with van der Waals surface area (Å²) in [5, 5.41) is 0.483. The van der Waals surface area contributed by atoms with E-state index in [0.29, 0.717) is 54.1 Å². The molecule has 204 valence electrons. The van der Waals surface area contributed by atoms with Crippen molar-refractivity contribution in [1.29, 1.82) is 0 Å². The van der Waals surface area contributed by atoms with E-state index in [0.717, 1.165) is 11.6 Å². The van der Waals surface area contributed by atoms with Crippen LogP contribution in [0.5, 0.6) is 0 Å². The van der Waals surface area contributed by atoms with Crippen molar-refractivity contribution in [2.75, 3.05) is 31.1 Å². The highest BCUT2D eigenvalue weighted by atomic mass is 35.5. The van der Waals surface area contributed by atoms with Gasteiger partial charge in [-0.15, -0.1) is 11.8 Å². The van der Waals surface area contributed by atoms with E-state index in [1.807, 2.05) is 35.2 Å². The van der Waals surface area contributed by atoms with Crippen molar-refractivity contribution < 1.29 is 17.6 Å². The summed E-state index contributed by atoms with van der Waals surface area (Å²) in [4.78, 5) is 12.3. The molecule has 0 atom stereocenters.